The highest BCUT2D eigenvalue weighted by Gasteiger charge is 2.26. The van der Waals surface area contributed by atoms with Crippen molar-refractivity contribution in [1.29, 1.82) is 0 Å². The van der Waals surface area contributed by atoms with Crippen molar-refractivity contribution in [2.45, 2.75) is 12.5 Å². The summed E-state index contributed by atoms with van der Waals surface area (Å²) in [6.45, 7) is 0. The molecule has 3 rings (SSSR count). The molecule has 4 heteroatoms. The van der Waals surface area contributed by atoms with Crippen LogP contribution in [0.15, 0.2) is 48.5 Å². The Labute approximate surface area is 116 Å². The van der Waals surface area contributed by atoms with E-state index in [4.69, 9.17) is 11.6 Å². The Morgan fingerprint density at radius 3 is 2.68 bits per heavy atom. The minimum absolute atomic E-state index is 0.0655. The van der Waals surface area contributed by atoms with Gasteiger partial charge < -0.3 is 10.6 Å². The molecule has 0 spiro atoms. The summed E-state index contributed by atoms with van der Waals surface area (Å²) in [6.07, 6.45) is 0.701. The molecule has 2 N–H and O–H groups in total. The summed E-state index contributed by atoms with van der Waals surface area (Å²) in [5, 5.41) is 6.62. The lowest BCUT2D eigenvalue weighted by atomic mass is 10.1. The van der Waals surface area contributed by atoms with Crippen LogP contribution in [0, 0.1) is 0 Å². The second-order valence-corrected chi connectivity index (χ2v) is 4.93. The number of benzene rings is 2. The van der Waals surface area contributed by atoms with Crippen molar-refractivity contribution in [3.63, 3.8) is 0 Å². The van der Waals surface area contributed by atoms with Crippen LogP contribution in [0.25, 0.3) is 0 Å². The maximum atomic E-state index is 12.2. The van der Waals surface area contributed by atoms with Gasteiger partial charge in [-0.1, -0.05) is 41.9 Å². The number of nitrogens with one attached hydrogen (secondary N) is 2. The Balaban J connectivity index is 1.72. The van der Waals surface area contributed by atoms with Crippen LogP contribution in [0.1, 0.15) is 5.56 Å². The first-order valence-electron chi connectivity index (χ1n) is 6.14. The molecule has 1 amide bonds. The Bertz CT molecular complexity index is 602. The molecule has 0 aliphatic carbocycles. The van der Waals surface area contributed by atoms with Crippen LogP contribution in [-0.4, -0.2) is 11.9 Å². The minimum atomic E-state index is -0.242. The number of hydrogen-bond donors (Lipinski definition) is 2. The second kappa shape index (κ2) is 4.94. The Hall–Kier alpha value is -2.00. The summed E-state index contributed by atoms with van der Waals surface area (Å²) in [5.41, 5.74) is 2.84. The third kappa shape index (κ3) is 2.42. The number of carbonyl (C=O) groups is 1. The number of rotatable bonds is 2. The van der Waals surface area contributed by atoms with Crippen molar-refractivity contribution in [3.8, 4) is 0 Å². The predicted octanol–water partition coefficient (Wildman–Crippen LogP) is 3.32. The first-order valence-corrected chi connectivity index (χ1v) is 6.51. The number of carbonyl (C=O) groups excluding carboxylic acids is 1. The van der Waals surface area contributed by atoms with Crippen molar-refractivity contribution in [3.05, 3.63) is 59.1 Å². The monoisotopic (exact) mass is 272 g/mol. The quantitative estimate of drug-likeness (QED) is 0.881. The lowest BCUT2D eigenvalue weighted by Gasteiger charge is -2.12. The van der Waals surface area contributed by atoms with Crippen molar-refractivity contribution in [2.24, 2.45) is 0 Å². The molecule has 0 aromatic heterocycles. The van der Waals surface area contributed by atoms with Crippen LogP contribution in [0.2, 0.25) is 5.02 Å². The highest BCUT2D eigenvalue weighted by Crippen LogP contribution is 2.27. The normalized spacial score (nSPS) is 16.6. The molecule has 2 aromatic carbocycles. The molecular weight excluding hydrogens is 260 g/mol. The van der Waals surface area contributed by atoms with Gasteiger partial charge >= 0.3 is 0 Å². The van der Waals surface area contributed by atoms with Gasteiger partial charge in [-0.05, 0) is 23.8 Å². The van der Waals surface area contributed by atoms with E-state index in [0.717, 1.165) is 5.69 Å². The van der Waals surface area contributed by atoms with E-state index in [-0.39, 0.29) is 11.9 Å². The number of hydrogen-bond acceptors (Lipinski definition) is 2. The summed E-state index contributed by atoms with van der Waals surface area (Å²) >= 11 is 6.03. The van der Waals surface area contributed by atoms with Crippen molar-refractivity contribution in [2.75, 3.05) is 10.6 Å². The number of halogens is 1. The molecule has 19 heavy (non-hydrogen) atoms. The van der Waals surface area contributed by atoms with Crippen LogP contribution in [-0.2, 0) is 11.2 Å². The van der Waals surface area contributed by atoms with Gasteiger partial charge in [0.15, 0.2) is 0 Å². The van der Waals surface area contributed by atoms with Crippen LogP contribution in [0.3, 0.4) is 0 Å². The van der Waals surface area contributed by atoms with Gasteiger partial charge in [-0.2, -0.15) is 0 Å². The Morgan fingerprint density at radius 1 is 1.16 bits per heavy atom. The number of fused-ring (bicyclic) bond motifs is 1. The van der Waals surface area contributed by atoms with Crippen LogP contribution in [0.4, 0.5) is 11.4 Å². The molecule has 0 bridgehead atoms. The van der Waals surface area contributed by atoms with E-state index in [1.807, 2.05) is 36.4 Å². The highest BCUT2D eigenvalue weighted by molar-refractivity contribution is 6.33. The molecule has 0 saturated carbocycles. The molecule has 0 fully saturated rings. The largest absolute Gasteiger partial charge is 0.373 e. The average molecular weight is 273 g/mol. The zero-order valence-electron chi connectivity index (χ0n) is 10.2. The summed E-state index contributed by atoms with van der Waals surface area (Å²) in [5.74, 6) is -0.0655. The van der Waals surface area contributed by atoms with Crippen molar-refractivity contribution >= 4 is 28.9 Å². The summed E-state index contributed by atoms with van der Waals surface area (Å²) in [6, 6.07) is 14.9. The molecule has 3 nitrogen and oxygen atoms in total. The van der Waals surface area contributed by atoms with Crippen LogP contribution in [0.5, 0.6) is 0 Å². The van der Waals surface area contributed by atoms with Crippen molar-refractivity contribution < 1.29 is 4.79 Å². The molecule has 96 valence electrons. The molecule has 0 saturated heterocycles. The zero-order valence-corrected chi connectivity index (χ0v) is 10.9. The van der Waals surface area contributed by atoms with Gasteiger partial charge in [-0.3, -0.25) is 4.79 Å². The molecular formula is C15H13ClN2O. The first-order chi connectivity index (χ1) is 9.24. The first kappa shape index (κ1) is 12.1. The minimum Gasteiger partial charge on any atom is -0.373 e. The predicted molar refractivity (Wildman–Crippen MR) is 77.6 cm³/mol. The summed E-state index contributed by atoms with van der Waals surface area (Å²) < 4.78 is 0. The van der Waals surface area contributed by atoms with Gasteiger partial charge in [-0.15, -0.1) is 0 Å². The highest BCUT2D eigenvalue weighted by atomic mass is 35.5. The second-order valence-electron chi connectivity index (χ2n) is 4.53. The fourth-order valence-electron chi connectivity index (χ4n) is 2.24. The third-order valence-corrected chi connectivity index (χ3v) is 3.55. The fourth-order valence-corrected chi connectivity index (χ4v) is 2.42. The maximum absolute atomic E-state index is 12.2. The number of anilines is 2. The molecule has 0 radical (unpaired) electrons. The summed E-state index contributed by atoms with van der Waals surface area (Å²) in [4.78, 5) is 12.2. The van der Waals surface area contributed by atoms with Gasteiger partial charge in [0, 0.05) is 12.1 Å². The van der Waals surface area contributed by atoms with E-state index < -0.39 is 0 Å². The maximum Gasteiger partial charge on any atom is 0.247 e. The van der Waals surface area contributed by atoms with Gasteiger partial charge in [0.05, 0.1) is 10.7 Å². The van der Waals surface area contributed by atoms with Crippen LogP contribution >= 0.6 is 11.6 Å². The zero-order chi connectivity index (χ0) is 13.2. The molecule has 1 aliphatic rings. The van der Waals surface area contributed by atoms with E-state index in [2.05, 4.69) is 10.6 Å². The van der Waals surface area contributed by atoms with Gasteiger partial charge in [0.1, 0.15) is 6.04 Å². The topological polar surface area (TPSA) is 41.1 Å². The smallest absolute Gasteiger partial charge is 0.247 e. The van der Waals surface area contributed by atoms with Gasteiger partial charge in [-0.25, -0.2) is 0 Å². The van der Waals surface area contributed by atoms with Crippen molar-refractivity contribution in [1.82, 2.24) is 0 Å². The lowest BCUT2D eigenvalue weighted by molar-refractivity contribution is -0.116. The van der Waals surface area contributed by atoms with E-state index in [1.54, 1.807) is 12.1 Å². The molecule has 2 aromatic rings. The lowest BCUT2D eigenvalue weighted by Crippen LogP contribution is -2.32. The standard InChI is InChI=1S/C15H13ClN2O/c16-11-6-2-4-8-13(11)18-15(19)14-9-10-5-1-3-7-12(10)17-14/h1-8,14,17H,9H2,(H,18,19). The molecule has 1 unspecified atom stereocenters. The van der Waals surface area contributed by atoms with Gasteiger partial charge in [0.25, 0.3) is 0 Å². The average Bonchev–Trinajstić information content (AvgIpc) is 2.85. The van der Waals surface area contributed by atoms with E-state index in [0.29, 0.717) is 17.1 Å². The summed E-state index contributed by atoms with van der Waals surface area (Å²) in [7, 11) is 0. The number of amides is 1. The SMILES string of the molecule is O=C(Nc1ccccc1Cl)C1Cc2ccccc2N1. The fraction of sp³-hybridized carbons (Fsp3) is 0.133. The molecule has 1 aliphatic heterocycles. The van der Waals surface area contributed by atoms with E-state index in [1.165, 1.54) is 5.56 Å². The van der Waals surface area contributed by atoms with E-state index in [9.17, 15) is 4.79 Å². The Morgan fingerprint density at radius 2 is 1.89 bits per heavy atom. The van der Waals surface area contributed by atoms with Gasteiger partial charge in [0.2, 0.25) is 5.91 Å². The Kier molecular flexibility index (Phi) is 3.13. The van der Waals surface area contributed by atoms with E-state index >= 15 is 0 Å². The number of para-hydroxylation sites is 2. The molecule has 1 heterocycles. The third-order valence-electron chi connectivity index (χ3n) is 3.22. The molecule has 1 atom stereocenters. The van der Waals surface area contributed by atoms with Crippen LogP contribution < -0.4 is 10.6 Å².